The summed E-state index contributed by atoms with van der Waals surface area (Å²) >= 11 is 0. The quantitative estimate of drug-likeness (QED) is 0.495. The van der Waals surface area contributed by atoms with E-state index in [4.69, 9.17) is 0 Å². The Morgan fingerprint density at radius 1 is 1.00 bits per heavy atom. The number of carbonyl (C=O) groups is 1. The van der Waals surface area contributed by atoms with Crippen molar-refractivity contribution in [3.05, 3.63) is 6.42 Å². The third-order valence-electron chi connectivity index (χ3n) is 2.24. The van der Waals surface area contributed by atoms with Crippen molar-refractivity contribution in [1.29, 1.82) is 0 Å². The fraction of sp³-hybridized carbons (Fsp3) is 0.833. The monoisotopic (exact) mass is 183 g/mol. The van der Waals surface area contributed by atoms with Crippen LogP contribution in [0.3, 0.4) is 0 Å². The van der Waals surface area contributed by atoms with Gasteiger partial charge >= 0.3 is 0 Å². The van der Waals surface area contributed by atoms with Crippen LogP contribution >= 0.6 is 0 Å². The molecule has 0 aromatic carbocycles. The second kappa shape index (κ2) is 9.76. The molecule has 0 amide bonds. The third-order valence-corrected chi connectivity index (χ3v) is 2.24. The van der Waals surface area contributed by atoms with Gasteiger partial charge in [0.1, 0.15) is 5.78 Å². The van der Waals surface area contributed by atoms with Gasteiger partial charge in [-0.1, -0.05) is 51.9 Å². The second-order valence-corrected chi connectivity index (χ2v) is 3.72. The van der Waals surface area contributed by atoms with Gasteiger partial charge in [0.2, 0.25) is 0 Å². The summed E-state index contributed by atoms with van der Waals surface area (Å²) in [5.74, 6) is 0.214. The molecule has 0 atom stereocenters. The van der Waals surface area contributed by atoms with E-state index in [9.17, 15) is 4.79 Å². The number of rotatable bonds is 9. The van der Waals surface area contributed by atoms with Gasteiger partial charge in [-0.05, 0) is 13.3 Å². The Balaban J connectivity index is 2.87. The van der Waals surface area contributed by atoms with Gasteiger partial charge in [-0.3, -0.25) is 4.79 Å². The van der Waals surface area contributed by atoms with Crippen LogP contribution in [0.25, 0.3) is 0 Å². The molecule has 1 nitrogen and oxygen atoms in total. The van der Waals surface area contributed by atoms with Crippen LogP contribution < -0.4 is 0 Å². The minimum absolute atomic E-state index is 0.214. The van der Waals surface area contributed by atoms with E-state index in [0.717, 1.165) is 6.42 Å². The summed E-state index contributed by atoms with van der Waals surface area (Å²) in [7, 11) is 0. The Hall–Kier alpha value is -0.330. The zero-order chi connectivity index (χ0) is 9.94. The molecule has 1 heteroatoms. The highest BCUT2D eigenvalue weighted by atomic mass is 16.1. The van der Waals surface area contributed by atoms with E-state index in [1.807, 2.05) is 0 Å². The predicted octanol–water partition coefficient (Wildman–Crippen LogP) is 3.92. The average Bonchev–Trinajstić information content (AvgIpc) is 2.09. The Labute approximate surface area is 82.9 Å². The molecule has 0 unspecified atom stereocenters. The van der Waals surface area contributed by atoms with Crippen molar-refractivity contribution in [3.8, 4) is 0 Å². The SMILES string of the molecule is CCCCCCCCC[CH]C(C)=O. The molecule has 0 N–H and O–H groups in total. The lowest BCUT2D eigenvalue weighted by Crippen LogP contribution is -1.90. The van der Waals surface area contributed by atoms with Crippen molar-refractivity contribution in [1.82, 2.24) is 0 Å². The number of unbranched alkanes of at least 4 members (excludes halogenated alkanes) is 7. The van der Waals surface area contributed by atoms with Crippen LogP contribution in [-0.2, 0) is 4.79 Å². The van der Waals surface area contributed by atoms with Crippen LogP contribution in [0.1, 0.15) is 65.2 Å². The van der Waals surface area contributed by atoms with Crippen molar-refractivity contribution in [2.75, 3.05) is 0 Å². The van der Waals surface area contributed by atoms with Crippen LogP contribution in [-0.4, -0.2) is 5.78 Å². The maximum atomic E-state index is 10.6. The molecule has 0 aromatic rings. The normalized spacial score (nSPS) is 10.3. The first-order chi connectivity index (χ1) is 6.27. The zero-order valence-corrected chi connectivity index (χ0v) is 9.14. The summed E-state index contributed by atoms with van der Waals surface area (Å²) in [5.41, 5.74) is 0. The molecule has 13 heavy (non-hydrogen) atoms. The molecular weight excluding hydrogens is 160 g/mol. The maximum Gasteiger partial charge on any atom is 0.133 e. The molecule has 0 fully saturated rings. The Morgan fingerprint density at radius 2 is 1.54 bits per heavy atom. The highest BCUT2D eigenvalue weighted by molar-refractivity contribution is 5.84. The van der Waals surface area contributed by atoms with Gasteiger partial charge in [0.25, 0.3) is 0 Å². The molecule has 0 heterocycles. The number of ketones is 1. The van der Waals surface area contributed by atoms with E-state index in [0.29, 0.717) is 0 Å². The summed E-state index contributed by atoms with van der Waals surface area (Å²) in [6, 6.07) is 0. The first kappa shape index (κ1) is 12.7. The van der Waals surface area contributed by atoms with Crippen LogP contribution in [0.5, 0.6) is 0 Å². The molecule has 0 saturated heterocycles. The molecule has 0 spiro atoms. The second-order valence-electron chi connectivity index (χ2n) is 3.72. The molecule has 0 aliphatic heterocycles. The van der Waals surface area contributed by atoms with E-state index in [1.165, 1.54) is 44.9 Å². The lowest BCUT2D eigenvalue weighted by molar-refractivity contribution is -0.114. The number of Topliss-reactive ketones (excluding diaryl/α,β-unsaturated/α-hetero) is 1. The smallest absolute Gasteiger partial charge is 0.133 e. The van der Waals surface area contributed by atoms with Gasteiger partial charge < -0.3 is 0 Å². The van der Waals surface area contributed by atoms with E-state index in [-0.39, 0.29) is 5.78 Å². The Kier molecular flexibility index (Phi) is 9.51. The lowest BCUT2D eigenvalue weighted by Gasteiger charge is -1.99. The van der Waals surface area contributed by atoms with Crippen molar-refractivity contribution in [2.45, 2.75) is 65.2 Å². The van der Waals surface area contributed by atoms with Crippen LogP contribution in [0.2, 0.25) is 0 Å². The van der Waals surface area contributed by atoms with Crippen LogP contribution in [0, 0.1) is 6.42 Å². The summed E-state index contributed by atoms with van der Waals surface area (Å²) in [6.07, 6.45) is 12.0. The maximum absolute atomic E-state index is 10.6. The summed E-state index contributed by atoms with van der Waals surface area (Å²) in [5, 5.41) is 0. The fourth-order valence-electron chi connectivity index (χ4n) is 1.41. The van der Waals surface area contributed by atoms with Gasteiger partial charge in [0.05, 0.1) is 0 Å². The zero-order valence-electron chi connectivity index (χ0n) is 9.14. The fourth-order valence-corrected chi connectivity index (χ4v) is 1.41. The van der Waals surface area contributed by atoms with Gasteiger partial charge in [-0.2, -0.15) is 0 Å². The first-order valence-electron chi connectivity index (χ1n) is 5.61. The van der Waals surface area contributed by atoms with Gasteiger partial charge in [-0.15, -0.1) is 0 Å². The van der Waals surface area contributed by atoms with E-state index in [2.05, 4.69) is 6.92 Å². The van der Waals surface area contributed by atoms with E-state index >= 15 is 0 Å². The minimum Gasteiger partial charge on any atom is -0.300 e. The summed E-state index contributed by atoms with van der Waals surface area (Å²) < 4.78 is 0. The summed E-state index contributed by atoms with van der Waals surface area (Å²) in [6.45, 7) is 3.86. The molecule has 77 valence electrons. The number of hydrogen-bond donors (Lipinski definition) is 0. The Bertz CT molecular complexity index is 118. The van der Waals surface area contributed by atoms with Crippen LogP contribution in [0.15, 0.2) is 0 Å². The lowest BCUT2D eigenvalue weighted by atomic mass is 10.1. The topological polar surface area (TPSA) is 17.1 Å². The number of carbonyl (C=O) groups excluding carboxylic acids is 1. The minimum atomic E-state index is 0.214. The molecule has 0 bridgehead atoms. The van der Waals surface area contributed by atoms with Gasteiger partial charge in [0.15, 0.2) is 0 Å². The van der Waals surface area contributed by atoms with Crippen LogP contribution in [0.4, 0.5) is 0 Å². The van der Waals surface area contributed by atoms with E-state index < -0.39 is 0 Å². The molecule has 0 aliphatic carbocycles. The molecule has 0 aliphatic rings. The highest BCUT2D eigenvalue weighted by Gasteiger charge is 1.94. The standard InChI is InChI=1S/C12H23O/c1-3-4-5-6-7-8-9-10-11-12(2)13/h11H,3-10H2,1-2H3. The predicted molar refractivity (Wildman–Crippen MR) is 57.6 cm³/mol. The Morgan fingerprint density at radius 3 is 2.08 bits per heavy atom. The van der Waals surface area contributed by atoms with Crippen molar-refractivity contribution < 1.29 is 4.79 Å². The average molecular weight is 183 g/mol. The molecule has 0 aromatic heterocycles. The van der Waals surface area contributed by atoms with Gasteiger partial charge in [-0.25, -0.2) is 0 Å². The molecule has 0 rings (SSSR count). The van der Waals surface area contributed by atoms with Crippen molar-refractivity contribution in [3.63, 3.8) is 0 Å². The molecule has 0 saturated carbocycles. The molecule has 1 radical (unpaired) electrons. The number of hydrogen-bond acceptors (Lipinski definition) is 1. The largest absolute Gasteiger partial charge is 0.300 e. The van der Waals surface area contributed by atoms with Gasteiger partial charge in [0, 0.05) is 6.42 Å². The van der Waals surface area contributed by atoms with E-state index in [1.54, 1.807) is 13.3 Å². The van der Waals surface area contributed by atoms with Crippen molar-refractivity contribution in [2.24, 2.45) is 0 Å². The molecular formula is C12H23O. The van der Waals surface area contributed by atoms with Crippen molar-refractivity contribution >= 4 is 5.78 Å². The summed E-state index contributed by atoms with van der Waals surface area (Å²) in [4.78, 5) is 10.6. The first-order valence-corrected chi connectivity index (χ1v) is 5.61. The highest BCUT2D eigenvalue weighted by Crippen LogP contribution is 2.09. The third kappa shape index (κ3) is 11.7.